The highest BCUT2D eigenvalue weighted by Gasteiger charge is 2.16. The number of anilines is 2. The first-order valence-electron chi connectivity index (χ1n) is 10.9. The van der Waals surface area contributed by atoms with E-state index in [1.54, 1.807) is 12.4 Å². The highest BCUT2D eigenvalue weighted by molar-refractivity contribution is 7.21. The van der Waals surface area contributed by atoms with Crippen LogP contribution in [0, 0.1) is 6.92 Å². The van der Waals surface area contributed by atoms with Crippen molar-refractivity contribution in [3.05, 3.63) is 65.3 Å². The molecule has 0 atom stereocenters. The third-order valence-electron chi connectivity index (χ3n) is 4.24. The van der Waals surface area contributed by atoms with Crippen molar-refractivity contribution in [2.75, 3.05) is 11.9 Å². The van der Waals surface area contributed by atoms with Gasteiger partial charge in [-0.25, -0.2) is 14.8 Å². The normalized spacial score (nSPS) is 9.81. The van der Waals surface area contributed by atoms with Gasteiger partial charge in [0.1, 0.15) is 4.88 Å². The molecule has 0 unspecified atom stereocenters. The monoisotopic (exact) mass is 450 g/mol. The van der Waals surface area contributed by atoms with Gasteiger partial charge in [-0.15, -0.1) is 11.3 Å². The Morgan fingerprint density at radius 1 is 1.00 bits per heavy atom. The molecule has 7 heteroatoms. The number of nitrogens with zero attached hydrogens (tertiary/aromatic N) is 3. The van der Waals surface area contributed by atoms with Crippen molar-refractivity contribution in [1.82, 2.24) is 15.0 Å². The molecule has 0 amide bonds. The fourth-order valence-electron chi connectivity index (χ4n) is 2.89. The number of hydrogen-bond donors (Lipinski definition) is 1. The molecule has 0 saturated heterocycles. The molecule has 32 heavy (non-hydrogen) atoms. The average molecular weight is 451 g/mol. The number of ether oxygens (including phenoxy) is 1. The number of fused-ring (bicyclic) bond motifs is 1. The number of nitrogens with one attached hydrogen (secondary N) is 1. The van der Waals surface area contributed by atoms with E-state index in [1.807, 2.05) is 84.0 Å². The molecule has 3 heterocycles. The largest absolute Gasteiger partial charge is 0.462 e. The summed E-state index contributed by atoms with van der Waals surface area (Å²) >= 11 is 1.44. The summed E-state index contributed by atoms with van der Waals surface area (Å²) in [5, 5.41) is 4.25. The third-order valence-corrected chi connectivity index (χ3v) is 5.49. The molecule has 4 aromatic rings. The highest BCUT2D eigenvalue weighted by Crippen LogP contribution is 2.33. The van der Waals surface area contributed by atoms with Crippen molar-refractivity contribution in [2.24, 2.45) is 0 Å². The summed E-state index contributed by atoms with van der Waals surface area (Å²) in [6.07, 6.45) is 3.44. The lowest BCUT2D eigenvalue weighted by molar-refractivity contribution is 0.0531. The van der Waals surface area contributed by atoms with Gasteiger partial charge in [0.25, 0.3) is 0 Å². The van der Waals surface area contributed by atoms with E-state index in [9.17, 15) is 4.79 Å². The van der Waals surface area contributed by atoms with Crippen LogP contribution >= 0.6 is 11.3 Å². The Balaban J connectivity index is 0.000000860. The summed E-state index contributed by atoms with van der Waals surface area (Å²) < 4.78 is 6.19. The van der Waals surface area contributed by atoms with Crippen molar-refractivity contribution < 1.29 is 9.53 Å². The minimum atomic E-state index is -0.276. The second-order valence-electron chi connectivity index (χ2n) is 6.09. The Kier molecular flexibility index (Phi) is 9.76. The molecule has 0 fully saturated rings. The maximum atomic E-state index is 12.1. The number of pyridine rings is 1. The van der Waals surface area contributed by atoms with E-state index in [-0.39, 0.29) is 5.97 Å². The van der Waals surface area contributed by atoms with E-state index in [4.69, 9.17) is 4.74 Å². The molecule has 3 aromatic heterocycles. The maximum absolute atomic E-state index is 12.1. The van der Waals surface area contributed by atoms with Gasteiger partial charge in [0.05, 0.1) is 18.0 Å². The van der Waals surface area contributed by atoms with Gasteiger partial charge in [0.2, 0.25) is 5.95 Å². The van der Waals surface area contributed by atoms with Crippen LogP contribution in [-0.2, 0) is 4.74 Å². The van der Waals surface area contributed by atoms with E-state index in [1.165, 1.54) is 11.3 Å². The molecular formula is C25H30N4O2S. The van der Waals surface area contributed by atoms with Gasteiger partial charge in [-0.05, 0) is 61.2 Å². The molecule has 0 spiro atoms. The van der Waals surface area contributed by atoms with Crippen LogP contribution in [0.25, 0.3) is 21.5 Å². The Hall–Kier alpha value is -3.32. The number of thiophene rings is 1. The average Bonchev–Trinajstić information content (AvgIpc) is 3.18. The number of carbonyl (C=O) groups excluding carboxylic acids is 1. The summed E-state index contributed by atoms with van der Waals surface area (Å²) in [7, 11) is 0. The molecule has 0 saturated carbocycles. The van der Waals surface area contributed by atoms with Gasteiger partial charge in [0, 0.05) is 22.8 Å². The molecule has 4 rings (SSSR count). The standard InChI is InChI=1S/C21H18N4O2S.2C2H6/c1-3-27-20(26)19-13(2)15-12-14(7-8-18(15)28-19)24-21-23-11-9-17(25-21)16-6-4-5-10-22-16;2*1-2/h4-12H,3H2,1-2H3,(H,23,24,25);2*1-2H3. The number of hydrogen-bond acceptors (Lipinski definition) is 7. The first-order valence-corrected chi connectivity index (χ1v) is 11.7. The van der Waals surface area contributed by atoms with E-state index in [0.29, 0.717) is 17.4 Å². The number of aromatic nitrogens is 3. The molecule has 0 aliphatic carbocycles. The molecule has 0 aliphatic rings. The highest BCUT2D eigenvalue weighted by atomic mass is 32.1. The molecule has 0 bridgehead atoms. The molecule has 168 valence electrons. The van der Waals surface area contributed by atoms with Crippen LogP contribution in [0.5, 0.6) is 0 Å². The van der Waals surface area contributed by atoms with E-state index < -0.39 is 0 Å². The quantitative estimate of drug-likeness (QED) is 0.329. The van der Waals surface area contributed by atoms with Crippen LogP contribution in [0.1, 0.15) is 49.9 Å². The second-order valence-corrected chi connectivity index (χ2v) is 7.15. The Bertz CT molecular complexity index is 1140. The predicted octanol–water partition coefficient (Wildman–Crippen LogP) is 7.03. The van der Waals surface area contributed by atoms with Gasteiger partial charge in [0.15, 0.2) is 0 Å². The van der Waals surface area contributed by atoms with E-state index in [2.05, 4.69) is 20.3 Å². The summed E-state index contributed by atoms with van der Waals surface area (Å²) in [5.74, 6) is 0.211. The first kappa shape index (κ1) is 24.9. The van der Waals surface area contributed by atoms with Gasteiger partial charge >= 0.3 is 5.97 Å². The minimum absolute atomic E-state index is 0.276. The number of carbonyl (C=O) groups is 1. The van der Waals surface area contributed by atoms with E-state index >= 15 is 0 Å². The number of rotatable bonds is 5. The molecule has 6 nitrogen and oxygen atoms in total. The van der Waals surface area contributed by atoms with Gasteiger partial charge in [-0.1, -0.05) is 33.8 Å². The van der Waals surface area contributed by atoms with Crippen molar-refractivity contribution in [3.63, 3.8) is 0 Å². The van der Waals surface area contributed by atoms with Crippen molar-refractivity contribution in [1.29, 1.82) is 0 Å². The zero-order valence-electron chi connectivity index (χ0n) is 19.5. The molecular weight excluding hydrogens is 420 g/mol. The molecule has 0 radical (unpaired) electrons. The summed E-state index contributed by atoms with van der Waals surface area (Å²) in [6.45, 7) is 12.1. The van der Waals surface area contributed by atoms with Crippen LogP contribution in [0.3, 0.4) is 0 Å². The van der Waals surface area contributed by atoms with Crippen molar-refractivity contribution in [2.45, 2.75) is 41.5 Å². The van der Waals surface area contributed by atoms with Crippen LogP contribution < -0.4 is 5.32 Å². The van der Waals surface area contributed by atoms with Crippen LogP contribution in [0.2, 0.25) is 0 Å². The molecule has 1 N–H and O–H groups in total. The van der Waals surface area contributed by atoms with Gasteiger partial charge in [-0.3, -0.25) is 4.98 Å². The molecule has 1 aromatic carbocycles. The lowest BCUT2D eigenvalue weighted by Crippen LogP contribution is -2.03. The van der Waals surface area contributed by atoms with Crippen LogP contribution in [-0.4, -0.2) is 27.5 Å². The lowest BCUT2D eigenvalue weighted by Gasteiger charge is -2.07. The van der Waals surface area contributed by atoms with Crippen molar-refractivity contribution >= 4 is 39.0 Å². The van der Waals surface area contributed by atoms with Crippen LogP contribution in [0.4, 0.5) is 11.6 Å². The van der Waals surface area contributed by atoms with Gasteiger partial charge in [-0.2, -0.15) is 0 Å². The predicted molar refractivity (Wildman–Crippen MR) is 134 cm³/mol. The zero-order chi connectivity index (χ0) is 23.5. The number of benzene rings is 1. The zero-order valence-corrected chi connectivity index (χ0v) is 20.3. The smallest absolute Gasteiger partial charge is 0.348 e. The van der Waals surface area contributed by atoms with Gasteiger partial charge < -0.3 is 10.1 Å². The third kappa shape index (κ3) is 5.88. The SMILES string of the molecule is CC.CC.CCOC(=O)c1sc2ccc(Nc3nccc(-c4ccccn4)n3)cc2c1C. The Labute approximate surface area is 193 Å². The summed E-state index contributed by atoms with van der Waals surface area (Å²) in [4.78, 5) is 25.9. The minimum Gasteiger partial charge on any atom is -0.462 e. The van der Waals surface area contributed by atoms with Crippen LogP contribution in [0.15, 0.2) is 54.9 Å². The summed E-state index contributed by atoms with van der Waals surface area (Å²) in [6, 6.07) is 13.5. The fraction of sp³-hybridized carbons (Fsp3) is 0.280. The number of aryl methyl sites for hydroxylation is 1. The van der Waals surface area contributed by atoms with Crippen molar-refractivity contribution in [3.8, 4) is 11.4 Å². The second kappa shape index (κ2) is 12.5. The Morgan fingerprint density at radius 2 is 1.78 bits per heavy atom. The first-order chi connectivity index (χ1) is 15.7. The summed E-state index contributed by atoms with van der Waals surface area (Å²) in [5.41, 5.74) is 3.30. The van der Waals surface area contributed by atoms with E-state index in [0.717, 1.165) is 32.7 Å². The molecule has 0 aliphatic heterocycles. The maximum Gasteiger partial charge on any atom is 0.348 e. The number of esters is 1. The fourth-order valence-corrected chi connectivity index (χ4v) is 3.98. The Morgan fingerprint density at radius 3 is 2.47 bits per heavy atom. The topological polar surface area (TPSA) is 77.0 Å². The lowest BCUT2D eigenvalue weighted by atomic mass is 10.1.